The van der Waals surface area contributed by atoms with Crippen LogP contribution in [0.2, 0.25) is 0 Å². The number of aromatic amines is 1. The Kier molecular flexibility index (Phi) is 3.60. The Morgan fingerprint density at radius 2 is 2.22 bits per heavy atom. The number of hydrogen-bond acceptors (Lipinski definition) is 4. The minimum absolute atomic E-state index is 0.0375. The van der Waals surface area contributed by atoms with Crippen molar-refractivity contribution in [2.24, 2.45) is 7.05 Å². The summed E-state index contributed by atoms with van der Waals surface area (Å²) >= 11 is 8.72. The number of alkyl halides is 1. The van der Waals surface area contributed by atoms with Crippen molar-refractivity contribution in [1.82, 2.24) is 19.1 Å². The lowest BCUT2D eigenvalue weighted by Gasteiger charge is -2.09. The first-order valence-corrected chi connectivity index (χ1v) is 6.37. The van der Waals surface area contributed by atoms with E-state index in [2.05, 4.69) is 25.9 Å². The van der Waals surface area contributed by atoms with Crippen molar-refractivity contribution < 1.29 is 5.11 Å². The minimum atomic E-state index is -0.808. The van der Waals surface area contributed by atoms with Crippen molar-refractivity contribution >= 4 is 38.7 Å². The number of hydrogen-bond donors (Lipinski definition) is 2. The van der Waals surface area contributed by atoms with Gasteiger partial charge in [-0.15, -0.1) is 11.6 Å². The largest absolute Gasteiger partial charge is 0.390 e. The highest BCUT2D eigenvalue weighted by Gasteiger charge is 2.17. The normalized spacial score (nSPS) is 13.1. The monoisotopic (exact) mass is 336 g/mol. The zero-order valence-corrected chi connectivity index (χ0v) is 11.7. The van der Waals surface area contributed by atoms with Gasteiger partial charge in [-0.25, -0.2) is 9.78 Å². The van der Waals surface area contributed by atoms with Crippen molar-refractivity contribution in [3.63, 3.8) is 0 Å². The van der Waals surface area contributed by atoms with Crippen LogP contribution in [0.15, 0.2) is 14.3 Å². The Hall–Kier alpha value is -1.12. The van der Waals surface area contributed by atoms with Crippen LogP contribution in [-0.2, 0) is 13.6 Å². The molecule has 0 radical (unpaired) electrons. The van der Waals surface area contributed by atoms with E-state index >= 15 is 0 Å². The van der Waals surface area contributed by atoms with Gasteiger partial charge in [-0.1, -0.05) is 0 Å². The van der Waals surface area contributed by atoms with Gasteiger partial charge in [0.1, 0.15) is 0 Å². The summed E-state index contributed by atoms with van der Waals surface area (Å²) in [6, 6.07) is 0. The van der Waals surface area contributed by atoms with Gasteiger partial charge in [-0.3, -0.25) is 14.3 Å². The van der Waals surface area contributed by atoms with Crippen LogP contribution in [0.1, 0.15) is 0 Å². The molecule has 0 unspecified atom stereocenters. The molecule has 0 aromatic carbocycles. The van der Waals surface area contributed by atoms with Gasteiger partial charge in [0.2, 0.25) is 0 Å². The predicted molar refractivity (Wildman–Crippen MR) is 70.0 cm³/mol. The van der Waals surface area contributed by atoms with Crippen LogP contribution in [0.3, 0.4) is 0 Å². The quantitative estimate of drug-likeness (QED) is 0.598. The van der Waals surface area contributed by atoms with Gasteiger partial charge in [0, 0.05) is 7.05 Å². The summed E-state index contributed by atoms with van der Waals surface area (Å²) < 4.78 is 3.06. The minimum Gasteiger partial charge on any atom is -0.390 e. The molecule has 0 fully saturated rings. The molecule has 18 heavy (non-hydrogen) atoms. The molecule has 0 aliphatic carbocycles. The van der Waals surface area contributed by atoms with Crippen molar-refractivity contribution in [2.45, 2.75) is 12.6 Å². The van der Waals surface area contributed by atoms with Crippen LogP contribution in [0, 0.1) is 0 Å². The van der Waals surface area contributed by atoms with E-state index in [0.717, 1.165) is 0 Å². The molecule has 0 amide bonds. The van der Waals surface area contributed by atoms with E-state index in [0.29, 0.717) is 4.73 Å². The third-order valence-electron chi connectivity index (χ3n) is 2.53. The second-order valence-corrected chi connectivity index (χ2v) is 4.81. The second kappa shape index (κ2) is 4.87. The number of aryl methyl sites for hydroxylation is 1. The molecular weight excluding hydrogens is 327 g/mol. The molecule has 7 nitrogen and oxygen atoms in total. The molecular formula is C9H10BrClN4O3. The number of aliphatic hydroxyl groups excluding tert-OH is 1. The van der Waals surface area contributed by atoms with E-state index < -0.39 is 17.4 Å². The maximum Gasteiger partial charge on any atom is 0.329 e. The Morgan fingerprint density at radius 1 is 1.56 bits per heavy atom. The van der Waals surface area contributed by atoms with Gasteiger partial charge in [0.15, 0.2) is 15.9 Å². The second-order valence-electron chi connectivity index (χ2n) is 3.79. The van der Waals surface area contributed by atoms with E-state index in [9.17, 15) is 14.7 Å². The first kappa shape index (κ1) is 13.3. The number of rotatable bonds is 3. The average molecular weight is 338 g/mol. The lowest BCUT2D eigenvalue weighted by molar-refractivity contribution is 0.177. The van der Waals surface area contributed by atoms with Crippen LogP contribution in [0.5, 0.6) is 0 Å². The summed E-state index contributed by atoms with van der Waals surface area (Å²) in [7, 11) is 1.50. The van der Waals surface area contributed by atoms with Crippen LogP contribution < -0.4 is 11.2 Å². The molecule has 1 atom stereocenters. The van der Waals surface area contributed by atoms with Crippen molar-refractivity contribution in [3.05, 3.63) is 25.6 Å². The molecule has 0 spiro atoms. The molecule has 2 rings (SSSR count). The van der Waals surface area contributed by atoms with E-state index in [4.69, 9.17) is 11.6 Å². The summed E-state index contributed by atoms with van der Waals surface area (Å²) in [6.45, 7) is 0.113. The van der Waals surface area contributed by atoms with E-state index in [1.807, 2.05) is 0 Å². The van der Waals surface area contributed by atoms with E-state index in [1.165, 1.54) is 16.2 Å². The first-order valence-electron chi connectivity index (χ1n) is 5.04. The molecule has 2 aromatic rings. The highest BCUT2D eigenvalue weighted by molar-refractivity contribution is 9.10. The highest BCUT2D eigenvalue weighted by Crippen LogP contribution is 2.16. The molecule has 2 aromatic heterocycles. The summed E-state index contributed by atoms with van der Waals surface area (Å²) in [5, 5.41) is 9.55. The van der Waals surface area contributed by atoms with E-state index in [1.54, 1.807) is 0 Å². The Bertz CT molecular complexity index is 704. The summed E-state index contributed by atoms with van der Waals surface area (Å²) in [5.74, 6) is 0.0375. The Balaban J connectivity index is 2.75. The molecule has 9 heteroatoms. The van der Waals surface area contributed by atoms with Crippen molar-refractivity contribution in [1.29, 1.82) is 0 Å². The fourth-order valence-electron chi connectivity index (χ4n) is 1.63. The first-order chi connectivity index (χ1) is 8.45. The zero-order valence-electron chi connectivity index (χ0n) is 9.35. The lowest BCUT2D eigenvalue weighted by Crippen LogP contribution is -2.30. The van der Waals surface area contributed by atoms with Gasteiger partial charge in [-0.2, -0.15) is 0 Å². The van der Waals surface area contributed by atoms with Crippen LogP contribution in [-0.4, -0.2) is 36.2 Å². The topological polar surface area (TPSA) is 92.9 Å². The number of imidazole rings is 1. The van der Waals surface area contributed by atoms with Gasteiger partial charge >= 0.3 is 5.69 Å². The third-order valence-corrected chi connectivity index (χ3v) is 3.49. The number of nitrogens with zero attached hydrogens (tertiary/aromatic N) is 3. The molecule has 2 N–H and O–H groups in total. The molecule has 2 heterocycles. The summed E-state index contributed by atoms with van der Waals surface area (Å²) in [6.07, 6.45) is -0.808. The van der Waals surface area contributed by atoms with Crippen LogP contribution in [0.4, 0.5) is 0 Å². The summed E-state index contributed by atoms with van der Waals surface area (Å²) in [5.41, 5.74) is -0.624. The molecule has 0 saturated heterocycles. The third kappa shape index (κ3) is 2.11. The van der Waals surface area contributed by atoms with Gasteiger partial charge in [0.25, 0.3) is 5.56 Å². The SMILES string of the molecule is Cn1c(=O)[nH]c(=O)c2c1nc(Br)n2C[C@@H](O)CCl. The van der Waals surface area contributed by atoms with Gasteiger partial charge in [-0.05, 0) is 15.9 Å². The average Bonchev–Trinajstić information content (AvgIpc) is 2.64. The standard InChI is InChI=1S/C9H10BrClN4O3/c1-14-6-5(7(17)13-9(14)18)15(8(10)12-6)3-4(16)2-11/h4,16H,2-3H2,1H3,(H,13,17,18)/t4-/m0/s1. The molecule has 0 bridgehead atoms. The van der Waals surface area contributed by atoms with E-state index in [-0.39, 0.29) is 23.6 Å². The molecule has 0 saturated carbocycles. The maximum atomic E-state index is 11.8. The highest BCUT2D eigenvalue weighted by atomic mass is 79.9. The number of H-pyrrole nitrogens is 1. The predicted octanol–water partition coefficient (Wildman–Crippen LogP) is -0.215. The Morgan fingerprint density at radius 3 is 2.83 bits per heavy atom. The number of aromatic nitrogens is 4. The van der Waals surface area contributed by atoms with Crippen LogP contribution >= 0.6 is 27.5 Å². The lowest BCUT2D eigenvalue weighted by atomic mass is 10.4. The zero-order chi connectivity index (χ0) is 13.4. The number of nitrogens with one attached hydrogen (secondary N) is 1. The fraction of sp³-hybridized carbons (Fsp3) is 0.444. The Labute approximate surface area is 114 Å². The van der Waals surface area contributed by atoms with Crippen molar-refractivity contribution in [3.8, 4) is 0 Å². The smallest absolute Gasteiger partial charge is 0.329 e. The summed E-state index contributed by atoms with van der Waals surface area (Å²) in [4.78, 5) is 29.5. The molecule has 0 aliphatic heterocycles. The molecule has 0 aliphatic rings. The number of fused-ring (bicyclic) bond motifs is 1. The fourth-order valence-corrected chi connectivity index (χ4v) is 2.22. The van der Waals surface area contributed by atoms with Crippen LogP contribution in [0.25, 0.3) is 11.2 Å². The molecule has 98 valence electrons. The van der Waals surface area contributed by atoms with Gasteiger partial charge < -0.3 is 9.67 Å². The number of aliphatic hydroxyl groups is 1. The van der Waals surface area contributed by atoms with Crippen molar-refractivity contribution in [2.75, 3.05) is 5.88 Å². The maximum absolute atomic E-state index is 11.8. The van der Waals surface area contributed by atoms with Gasteiger partial charge in [0.05, 0.1) is 18.5 Å². The number of halogens is 2.